The summed E-state index contributed by atoms with van der Waals surface area (Å²) in [5.41, 5.74) is 0.604. The van der Waals surface area contributed by atoms with E-state index in [1.165, 1.54) is 0 Å². The molecule has 2 atom stereocenters. The number of nitrogens with zero attached hydrogens (tertiary/aromatic N) is 2. The van der Waals surface area contributed by atoms with Crippen LogP contribution in [0.25, 0.3) is 0 Å². The van der Waals surface area contributed by atoms with Crippen LogP contribution in [-0.4, -0.2) is 28.9 Å². The smallest absolute Gasteiger partial charge is 0.120 e. The fourth-order valence-corrected chi connectivity index (χ4v) is 1.71. The molecule has 0 aromatic carbocycles. The van der Waals surface area contributed by atoms with Crippen LogP contribution in [0.3, 0.4) is 0 Å². The molecule has 1 aliphatic heterocycles. The van der Waals surface area contributed by atoms with E-state index in [-0.39, 0.29) is 12.1 Å². The number of aliphatic hydroxyl groups is 1. The molecule has 0 saturated carbocycles. The van der Waals surface area contributed by atoms with Gasteiger partial charge in [0.15, 0.2) is 0 Å². The lowest BCUT2D eigenvalue weighted by molar-refractivity contribution is 0.151. The Balaban J connectivity index is 2.30. The molecule has 1 aromatic rings. The highest BCUT2D eigenvalue weighted by atomic mass is 16.3. The maximum atomic E-state index is 9.59. The minimum absolute atomic E-state index is 0.00431. The van der Waals surface area contributed by atoms with E-state index in [0.717, 1.165) is 6.54 Å². The Bertz CT molecular complexity index is 339. The van der Waals surface area contributed by atoms with Gasteiger partial charge >= 0.3 is 0 Å². The van der Waals surface area contributed by atoms with Crippen molar-refractivity contribution in [3.8, 4) is 6.07 Å². The molecule has 0 aliphatic carbocycles. The van der Waals surface area contributed by atoms with Gasteiger partial charge in [-0.25, -0.2) is 0 Å². The normalized spacial score (nSPS) is 27.4. The Labute approximate surface area is 76.4 Å². The monoisotopic (exact) mass is 177 g/mol. The van der Waals surface area contributed by atoms with Gasteiger partial charge in [0.2, 0.25) is 0 Å². The summed E-state index contributed by atoms with van der Waals surface area (Å²) in [6, 6.07) is 5.68. The van der Waals surface area contributed by atoms with Crippen molar-refractivity contribution in [3.63, 3.8) is 0 Å². The van der Waals surface area contributed by atoms with Gasteiger partial charge in [-0.1, -0.05) is 0 Å². The molecule has 68 valence electrons. The zero-order chi connectivity index (χ0) is 9.26. The summed E-state index contributed by atoms with van der Waals surface area (Å²) < 4.78 is 1.82. The van der Waals surface area contributed by atoms with Crippen molar-refractivity contribution in [1.29, 1.82) is 5.26 Å². The van der Waals surface area contributed by atoms with Crippen LogP contribution >= 0.6 is 0 Å². The van der Waals surface area contributed by atoms with Crippen LogP contribution in [0.1, 0.15) is 11.7 Å². The molecule has 13 heavy (non-hydrogen) atoms. The number of rotatable bonds is 1. The third kappa shape index (κ3) is 1.32. The summed E-state index contributed by atoms with van der Waals surface area (Å²) >= 11 is 0. The molecule has 1 aromatic heterocycles. The van der Waals surface area contributed by atoms with Crippen LogP contribution < -0.4 is 5.32 Å². The molecule has 2 heterocycles. The van der Waals surface area contributed by atoms with Crippen LogP contribution in [0.4, 0.5) is 0 Å². The Hall–Kier alpha value is -1.31. The fourth-order valence-electron chi connectivity index (χ4n) is 1.71. The SMILES string of the molecule is N#Cc1cccn1C1CNCC1O. The van der Waals surface area contributed by atoms with Gasteiger partial charge in [-0.15, -0.1) is 0 Å². The topological polar surface area (TPSA) is 61.0 Å². The largest absolute Gasteiger partial charge is 0.390 e. The Morgan fingerprint density at radius 2 is 2.46 bits per heavy atom. The van der Waals surface area contributed by atoms with E-state index in [2.05, 4.69) is 11.4 Å². The summed E-state index contributed by atoms with van der Waals surface area (Å²) in [6.45, 7) is 1.33. The van der Waals surface area contributed by atoms with Gasteiger partial charge in [0.05, 0.1) is 12.1 Å². The number of hydrogen-bond donors (Lipinski definition) is 2. The third-order valence-corrected chi connectivity index (χ3v) is 2.40. The minimum atomic E-state index is -0.389. The maximum Gasteiger partial charge on any atom is 0.120 e. The van der Waals surface area contributed by atoms with Crippen molar-refractivity contribution in [1.82, 2.24) is 9.88 Å². The van der Waals surface area contributed by atoms with Gasteiger partial charge in [-0.2, -0.15) is 5.26 Å². The van der Waals surface area contributed by atoms with E-state index in [9.17, 15) is 5.11 Å². The molecule has 4 nitrogen and oxygen atoms in total. The second kappa shape index (κ2) is 3.21. The van der Waals surface area contributed by atoms with E-state index in [1.54, 1.807) is 6.07 Å². The summed E-state index contributed by atoms with van der Waals surface area (Å²) in [5.74, 6) is 0. The first-order chi connectivity index (χ1) is 6.33. The highest BCUT2D eigenvalue weighted by Crippen LogP contribution is 2.18. The first-order valence-corrected chi connectivity index (χ1v) is 4.28. The highest BCUT2D eigenvalue weighted by molar-refractivity contribution is 5.23. The van der Waals surface area contributed by atoms with Crippen molar-refractivity contribution in [2.75, 3.05) is 13.1 Å². The van der Waals surface area contributed by atoms with Gasteiger partial charge in [0, 0.05) is 19.3 Å². The number of hydrogen-bond acceptors (Lipinski definition) is 3. The highest BCUT2D eigenvalue weighted by Gasteiger charge is 2.27. The Morgan fingerprint density at radius 3 is 3.08 bits per heavy atom. The van der Waals surface area contributed by atoms with Crippen molar-refractivity contribution < 1.29 is 5.11 Å². The lowest BCUT2D eigenvalue weighted by atomic mass is 10.2. The van der Waals surface area contributed by atoms with Gasteiger partial charge in [-0.3, -0.25) is 0 Å². The lowest BCUT2D eigenvalue weighted by Crippen LogP contribution is -2.22. The molecule has 1 aliphatic rings. The number of aliphatic hydroxyl groups excluding tert-OH is 1. The van der Waals surface area contributed by atoms with Gasteiger partial charge < -0.3 is 15.0 Å². The van der Waals surface area contributed by atoms with Crippen molar-refractivity contribution >= 4 is 0 Å². The molecular weight excluding hydrogens is 166 g/mol. The second-order valence-electron chi connectivity index (χ2n) is 3.21. The first kappa shape index (κ1) is 8.30. The zero-order valence-electron chi connectivity index (χ0n) is 7.14. The zero-order valence-corrected chi connectivity index (χ0v) is 7.14. The molecule has 1 fully saturated rings. The molecule has 2 unspecified atom stereocenters. The minimum Gasteiger partial charge on any atom is -0.390 e. The predicted molar refractivity (Wildman–Crippen MR) is 47.1 cm³/mol. The van der Waals surface area contributed by atoms with Crippen LogP contribution in [0.5, 0.6) is 0 Å². The summed E-state index contributed by atoms with van der Waals surface area (Å²) in [5, 5.41) is 21.5. The van der Waals surface area contributed by atoms with Crippen LogP contribution in [-0.2, 0) is 0 Å². The molecule has 4 heteroatoms. The second-order valence-corrected chi connectivity index (χ2v) is 3.21. The third-order valence-electron chi connectivity index (χ3n) is 2.40. The maximum absolute atomic E-state index is 9.59. The number of β-amino-alcohol motifs (C(OH)–C–C–N with tert-alkyl or cyclic N) is 1. The molecule has 0 amide bonds. The number of aromatic nitrogens is 1. The number of nitriles is 1. The molecule has 2 rings (SSSR count). The van der Waals surface area contributed by atoms with Crippen molar-refractivity contribution in [2.24, 2.45) is 0 Å². The van der Waals surface area contributed by atoms with E-state index in [1.807, 2.05) is 16.8 Å². The fraction of sp³-hybridized carbons (Fsp3) is 0.444. The average molecular weight is 177 g/mol. The van der Waals surface area contributed by atoms with Crippen molar-refractivity contribution in [3.05, 3.63) is 24.0 Å². The predicted octanol–water partition coefficient (Wildman–Crippen LogP) is -0.135. The van der Waals surface area contributed by atoms with Gasteiger partial charge in [0.1, 0.15) is 11.8 Å². The first-order valence-electron chi connectivity index (χ1n) is 4.28. The van der Waals surface area contributed by atoms with E-state index >= 15 is 0 Å². The standard InChI is InChI=1S/C9H11N3O/c10-4-7-2-1-3-12(7)8-5-11-6-9(8)13/h1-3,8-9,11,13H,5-6H2. The molecule has 2 N–H and O–H groups in total. The lowest BCUT2D eigenvalue weighted by Gasteiger charge is -2.16. The summed E-state index contributed by atoms with van der Waals surface area (Å²) in [4.78, 5) is 0. The molecule has 0 bridgehead atoms. The van der Waals surface area contributed by atoms with E-state index in [4.69, 9.17) is 5.26 Å². The van der Waals surface area contributed by atoms with Gasteiger partial charge in [0.25, 0.3) is 0 Å². The number of nitrogens with one attached hydrogen (secondary N) is 1. The van der Waals surface area contributed by atoms with Crippen LogP contribution in [0, 0.1) is 11.3 Å². The van der Waals surface area contributed by atoms with E-state index < -0.39 is 0 Å². The quantitative estimate of drug-likeness (QED) is 0.628. The average Bonchev–Trinajstić information content (AvgIpc) is 2.71. The molecule has 0 radical (unpaired) electrons. The van der Waals surface area contributed by atoms with Gasteiger partial charge in [-0.05, 0) is 12.1 Å². The molecule has 0 spiro atoms. The van der Waals surface area contributed by atoms with Crippen LogP contribution in [0.2, 0.25) is 0 Å². The van der Waals surface area contributed by atoms with Crippen LogP contribution in [0.15, 0.2) is 18.3 Å². The Morgan fingerprint density at radius 1 is 1.62 bits per heavy atom. The van der Waals surface area contributed by atoms with E-state index in [0.29, 0.717) is 12.2 Å². The summed E-state index contributed by atoms with van der Waals surface area (Å²) in [7, 11) is 0. The Kier molecular flexibility index (Phi) is 2.05. The molecule has 1 saturated heterocycles. The van der Waals surface area contributed by atoms with Crippen molar-refractivity contribution in [2.45, 2.75) is 12.1 Å². The molecular formula is C9H11N3O. The summed E-state index contributed by atoms with van der Waals surface area (Å²) in [6.07, 6.45) is 1.44.